The number of hydrogen-bond acceptors (Lipinski definition) is 7. The van der Waals surface area contributed by atoms with Crippen LogP contribution < -0.4 is 4.90 Å². The fourth-order valence-electron chi connectivity index (χ4n) is 4.54. The van der Waals surface area contributed by atoms with E-state index >= 15 is 0 Å². The summed E-state index contributed by atoms with van der Waals surface area (Å²) in [5.41, 5.74) is 3.13. The van der Waals surface area contributed by atoms with E-state index in [1.807, 2.05) is 24.6 Å². The van der Waals surface area contributed by atoms with Gasteiger partial charge in [-0.25, -0.2) is 14.6 Å². The van der Waals surface area contributed by atoms with Crippen LogP contribution in [0.15, 0.2) is 36.8 Å². The van der Waals surface area contributed by atoms with Gasteiger partial charge >= 0.3 is 0 Å². The third kappa shape index (κ3) is 3.24. The first-order chi connectivity index (χ1) is 13.7. The minimum Gasteiger partial charge on any atom is -0.356 e. The van der Waals surface area contributed by atoms with Crippen LogP contribution in [0.2, 0.25) is 0 Å². The number of likely N-dealkylation sites (tertiary alicyclic amines) is 1. The zero-order chi connectivity index (χ0) is 19.1. The normalized spacial score (nSPS) is 22.0. The molecule has 0 aromatic carbocycles. The van der Waals surface area contributed by atoms with E-state index in [-0.39, 0.29) is 0 Å². The van der Waals surface area contributed by atoms with Crippen LogP contribution in [0.4, 0.5) is 5.82 Å². The van der Waals surface area contributed by atoms with Crippen molar-refractivity contribution >= 4 is 5.82 Å². The number of aromatic nitrogens is 6. The molecule has 0 radical (unpaired) electrons. The number of anilines is 1. The third-order valence-corrected chi connectivity index (χ3v) is 5.76. The van der Waals surface area contributed by atoms with Crippen molar-refractivity contribution in [2.45, 2.75) is 20.4 Å². The number of aryl methyl sites for hydroxylation is 2. The van der Waals surface area contributed by atoms with E-state index in [1.165, 1.54) is 0 Å². The molecule has 0 spiro atoms. The first kappa shape index (κ1) is 17.2. The zero-order valence-corrected chi connectivity index (χ0v) is 16.2. The van der Waals surface area contributed by atoms with Crippen molar-refractivity contribution in [1.82, 2.24) is 34.8 Å². The summed E-state index contributed by atoms with van der Waals surface area (Å²) in [6, 6.07) is 8.12. The first-order valence-corrected chi connectivity index (χ1v) is 9.75. The molecule has 2 aliphatic heterocycles. The second-order valence-electron chi connectivity index (χ2n) is 7.91. The Morgan fingerprint density at radius 1 is 1.00 bits per heavy atom. The van der Waals surface area contributed by atoms with Gasteiger partial charge < -0.3 is 4.90 Å². The minimum absolute atomic E-state index is 0.670. The van der Waals surface area contributed by atoms with Crippen LogP contribution in [-0.2, 0) is 6.54 Å². The first-order valence-electron chi connectivity index (χ1n) is 9.75. The molecule has 2 saturated heterocycles. The fraction of sp³-hybridized carbons (Fsp3) is 0.450. The Morgan fingerprint density at radius 3 is 2.46 bits per heavy atom. The summed E-state index contributed by atoms with van der Waals surface area (Å²) >= 11 is 0. The lowest BCUT2D eigenvalue weighted by molar-refractivity contribution is 0.304. The van der Waals surface area contributed by atoms with Gasteiger partial charge in [0.25, 0.3) is 0 Å². The van der Waals surface area contributed by atoms with Crippen LogP contribution in [0.3, 0.4) is 0 Å². The third-order valence-electron chi connectivity index (χ3n) is 5.76. The maximum absolute atomic E-state index is 4.55. The van der Waals surface area contributed by atoms with Gasteiger partial charge in [0.05, 0.1) is 11.4 Å². The molecule has 2 unspecified atom stereocenters. The molecule has 144 valence electrons. The Kier molecular flexibility index (Phi) is 4.27. The summed E-state index contributed by atoms with van der Waals surface area (Å²) < 4.78 is 1.89. The van der Waals surface area contributed by atoms with Gasteiger partial charge in [-0.2, -0.15) is 15.3 Å². The van der Waals surface area contributed by atoms with E-state index in [0.29, 0.717) is 11.8 Å². The van der Waals surface area contributed by atoms with Gasteiger partial charge in [-0.1, -0.05) is 0 Å². The van der Waals surface area contributed by atoms with Crippen molar-refractivity contribution in [3.63, 3.8) is 0 Å². The number of rotatable bonds is 4. The fourth-order valence-corrected chi connectivity index (χ4v) is 4.54. The lowest BCUT2D eigenvalue weighted by Crippen LogP contribution is -2.29. The molecule has 3 aromatic rings. The molecule has 2 atom stereocenters. The van der Waals surface area contributed by atoms with Crippen molar-refractivity contribution in [2.75, 3.05) is 31.1 Å². The highest BCUT2D eigenvalue weighted by atomic mass is 15.3. The lowest BCUT2D eigenvalue weighted by atomic mass is 10.0. The van der Waals surface area contributed by atoms with E-state index < -0.39 is 0 Å². The highest BCUT2D eigenvalue weighted by Crippen LogP contribution is 2.34. The van der Waals surface area contributed by atoms with Gasteiger partial charge in [-0.3, -0.25) is 4.90 Å². The van der Waals surface area contributed by atoms with Crippen molar-refractivity contribution < 1.29 is 0 Å². The van der Waals surface area contributed by atoms with E-state index in [4.69, 9.17) is 0 Å². The number of fused-ring (bicyclic) bond motifs is 1. The van der Waals surface area contributed by atoms with Crippen molar-refractivity contribution in [1.29, 1.82) is 0 Å². The predicted octanol–water partition coefficient (Wildman–Crippen LogP) is 1.64. The van der Waals surface area contributed by atoms with E-state index in [1.54, 1.807) is 12.5 Å². The van der Waals surface area contributed by atoms with Crippen molar-refractivity contribution in [3.05, 3.63) is 53.9 Å². The highest BCUT2D eigenvalue weighted by Gasteiger charge is 2.40. The van der Waals surface area contributed by atoms with E-state index in [0.717, 1.165) is 61.4 Å². The molecule has 0 N–H and O–H groups in total. The van der Waals surface area contributed by atoms with Crippen LogP contribution in [0.1, 0.15) is 17.1 Å². The molecule has 8 heteroatoms. The largest absolute Gasteiger partial charge is 0.356 e. The Balaban J connectivity index is 1.27. The summed E-state index contributed by atoms with van der Waals surface area (Å²) in [7, 11) is 0. The van der Waals surface area contributed by atoms with Gasteiger partial charge in [-0.05, 0) is 43.9 Å². The zero-order valence-electron chi connectivity index (χ0n) is 16.2. The SMILES string of the molecule is Cc1cc(C)n(-c2cc(N3CC4CN(Cc5cccnn5)CC4C3)ncn2)n1. The Bertz CT molecular complexity index is 955. The molecule has 5 heterocycles. The smallest absolute Gasteiger partial charge is 0.159 e. The topological polar surface area (TPSA) is 75.9 Å². The van der Waals surface area contributed by atoms with Gasteiger partial charge in [0.1, 0.15) is 12.1 Å². The summed E-state index contributed by atoms with van der Waals surface area (Å²) in [6.45, 7) is 9.22. The van der Waals surface area contributed by atoms with Crippen LogP contribution in [0.5, 0.6) is 0 Å². The van der Waals surface area contributed by atoms with Crippen LogP contribution in [0, 0.1) is 25.7 Å². The van der Waals surface area contributed by atoms with Gasteiger partial charge in [0, 0.05) is 50.7 Å². The molecule has 0 amide bonds. The summed E-state index contributed by atoms with van der Waals surface area (Å²) in [6.07, 6.45) is 3.37. The summed E-state index contributed by atoms with van der Waals surface area (Å²) in [5.74, 6) is 3.16. The second kappa shape index (κ2) is 6.94. The monoisotopic (exact) mass is 376 g/mol. The molecule has 2 fully saturated rings. The molecule has 0 aliphatic carbocycles. The minimum atomic E-state index is 0.670. The van der Waals surface area contributed by atoms with Crippen LogP contribution >= 0.6 is 0 Å². The maximum atomic E-state index is 4.55. The molecular weight excluding hydrogens is 352 g/mol. The predicted molar refractivity (Wildman–Crippen MR) is 105 cm³/mol. The molecule has 8 nitrogen and oxygen atoms in total. The molecule has 0 bridgehead atoms. The van der Waals surface area contributed by atoms with Crippen LogP contribution in [-0.4, -0.2) is 61.0 Å². The Hall–Kier alpha value is -2.87. The quantitative estimate of drug-likeness (QED) is 0.685. The van der Waals surface area contributed by atoms with Gasteiger partial charge in [0.15, 0.2) is 5.82 Å². The highest BCUT2D eigenvalue weighted by molar-refractivity contribution is 5.45. The van der Waals surface area contributed by atoms with Crippen molar-refractivity contribution in [3.8, 4) is 5.82 Å². The van der Waals surface area contributed by atoms with Gasteiger partial charge in [-0.15, -0.1) is 0 Å². The summed E-state index contributed by atoms with van der Waals surface area (Å²) in [5, 5.41) is 12.7. The van der Waals surface area contributed by atoms with Gasteiger partial charge in [0.2, 0.25) is 0 Å². The lowest BCUT2D eigenvalue weighted by Gasteiger charge is -2.22. The van der Waals surface area contributed by atoms with E-state index in [9.17, 15) is 0 Å². The number of hydrogen-bond donors (Lipinski definition) is 0. The molecule has 0 saturated carbocycles. The number of nitrogens with zero attached hydrogens (tertiary/aromatic N) is 8. The molecule has 28 heavy (non-hydrogen) atoms. The van der Waals surface area contributed by atoms with Crippen LogP contribution in [0.25, 0.3) is 5.82 Å². The summed E-state index contributed by atoms with van der Waals surface area (Å²) in [4.78, 5) is 13.9. The Labute approximate surface area is 164 Å². The molecule has 2 aliphatic rings. The molecule has 3 aromatic heterocycles. The standard InChI is InChI=1S/C20H24N8/c1-14-6-15(2)28(25-14)20-7-19(21-13-22-20)27-10-16-8-26(9-17(16)11-27)12-18-4-3-5-23-24-18/h3-7,13,16-17H,8-12H2,1-2H3. The average molecular weight is 376 g/mol. The Morgan fingerprint density at radius 2 is 1.79 bits per heavy atom. The molecule has 5 rings (SSSR count). The van der Waals surface area contributed by atoms with E-state index in [2.05, 4.69) is 53.3 Å². The second-order valence-corrected chi connectivity index (χ2v) is 7.91. The molecular formula is C20H24N8. The maximum Gasteiger partial charge on any atom is 0.159 e. The van der Waals surface area contributed by atoms with Crippen molar-refractivity contribution in [2.24, 2.45) is 11.8 Å². The average Bonchev–Trinajstić information content (AvgIpc) is 3.35.